The van der Waals surface area contributed by atoms with Crippen LogP contribution in [0.4, 0.5) is 5.00 Å². The van der Waals surface area contributed by atoms with E-state index in [0.717, 1.165) is 29.7 Å². The van der Waals surface area contributed by atoms with Gasteiger partial charge in [-0.05, 0) is 62.6 Å². The second-order valence-corrected chi connectivity index (χ2v) is 9.62. The Morgan fingerprint density at radius 1 is 1.25 bits per heavy atom. The van der Waals surface area contributed by atoms with Crippen molar-refractivity contribution in [1.82, 2.24) is 4.31 Å². The molecule has 0 saturated heterocycles. The Morgan fingerprint density at radius 3 is 2.46 bits per heavy atom. The normalized spacial score (nSPS) is 14.1. The van der Waals surface area contributed by atoms with Crippen LogP contribution < -0.4 is 5.32 Å². The van der Waals surface area contributed by atoms with Crippen molar-refractivity contribution < 1.29 is 22.7 Å². The largest absolute Gasteiger partial charge is 0.462 e. The highest BCUT2D eigenvalue weighted by Crippen LogP contribution is 2.31. The Morgan fingerprint density at radius 2 is 1.89 bits per heavy atom. The van der Waals surface area contributed by atoms with Crippen LogP contribution in [0.25, 0.3) is 0 Å². The average Bonchev–Trinajstić information content (AvgIpc) is 3.44. The first-order valence-corrected chi connectivity index (χ1v) is 11.2. The molecule has 1 aromatic carbocycles. The lowest BCUT2D eigenvalue weighted by Crippen LogP contribution is -2.28. The summed E-state index contributed by atoms with van der Waals surface area (Å²) in [6.07, 6.45) is 1.76. The van der Waals surface area contributed by atoms with Gasteiger partial charge in [-0.2, -0.15) is 4.31 Å². The summed E-state index contributed by atoms with van der Waals surface area (Å²) >= 11 is 1.14. The van der Waals surface area contributed by atoms with Gasteiger partial charge < -0.3 is 10.1 Å². The quantitative estimate of drug-likeness (QED) is 0.692. The number of anilines is 1. The fraction of sp³-hybridized carbons (Fsp3) is 0.368. The van der Waals surface area contributed by atoms with E-state index in [0.29, 0.717) is 15.4 Å². The summed E-state index contributed by atoms with van der Waals surface area (Å²) in [6.45, 7) is 3.79. The van der Waals surface area contributed by atoms with Crippen molar-refractivity contribution in [2.24, 2.45) is 0 Å². The van der Waals surface area contributed by atoms with E-state index in [1.165, 1.54) is 28.6 Å². The standard InChI is InChI=1S/C19H22N2O5S2/c1-4-26-19(23)17-12(2)11-16(27-17)20-18(22)13-5-9-15(10-6-13)28(24,25)21(3)14-7-8-14/h5-6,9-11,14H,4,7-8H2,1-3H3,(H,20,22). The molecule has 1 aromatic heterocycles. The van der Waals surface area contributed by atoms with Crippen LogP contribution in [0, 0.1) is 6.92 Å². The molecule has 3 rings (SSSR count). The Balaban J connectivity index is 1.72. The number of hydrogen-bond acceptors (Lipinski definition) is 6. The molecule has 1 aliphatic carbocycles. The van der Waals surface area contributed by atoms with Crippen molar-refractivity contribution in [2.75, 3.05) is 19.0 Å². The van der Waals surface area contributed by atoms with Crippen molar-refractivity contribution in [3.63, 3.8) is 0 Å². The third kappa shape index (κ3) is 4.26. The average molecular weight is 423 g/mol. The predicted molar refractivity (Wildman–Crippen MR) is 107 cm³/mol. The third-order valence-corrected chi connectivity index (χ3v) is 7.53. The third-order valence-electron chi connectivity index (χ3n) is 4.47. The van der Waals surface area contributed by atoms with Gasteiger partial charge in [-0.25, -0.2) is 13.2 Å². The minimum Gasteiger partial charge on any atom is -0.462 e. The Bertz CT molecular complexity index is 992. The van der Waals surface area contributed by atoms with Gasteiger partial charge in [0.1, 0.15) is 4.88 Å². The van der Waals surface area contributed by atoms with Crippen LogP contribution in [-0.4, -0.2) is 44.3 Å². The number of thiophene rings is 1. The lowest BCUT2D eigenvalue weighted by Gasteiger charge is -2.16. The van der Waals surface area contributed by atoms with Gasteiger partial charge >= 0.3 is 5.97 Å². The minimum absolute atomic E-state index is 0.0728. The van der Waals surface area contributed by atoms with Crippen molar-refractivity contribution in [3.8, 4) is 0 Å². The predicted octanol–water partition coefficient (Wildman–Crippen LogP) is 3.27. The number of sulfonamides is 1. The topological polar surface area (TPSA) is 92.8 Å². The van der Waals surface area contributed by atoms with Crippen molar-refractivity contribution in [3.05, 3.63) is 46.3 Å². The molecule has 7 nitrogen and oxygen atoms in total. The molecular formula is C19H22N2O5S2. The zero-order valence-corrected chi connectivity index (χ0v) is 17.5. The molecule has 0 bridgehead atoms. The van der Waals surface area contributed by atoms with E-state index >= 15 is 0 Å². The van der Waals surface area contributed by atoms with E-state index in [2.05, 4.69) is 5.32 Å². The van der Waals surface area contributed by atoms with Gasteiger partial charge in [-0.15, -0.1) is 11.3 Å². The van der Waals surface area contributed by atoms with Gasteiger partial charge in [0.15, 0.2) is 0 Å². The van der Waals surface area contributed by atoms with Crippen LogP contribution in [0.5, 0.6) is 0 Å². The first-order valence-electron chi connectivity index (χ1n) is 8.91. The second kappa shape index (κ2) is 8.02. The zero-order valence-electron chi connectivity index (χ0n) is 15.9. The molecule has 1 fully saturated rings. The van der Waals surface area contributed by atoms with Gasteiger partial charge in [-0.3, -0.25) is 4.79 Å². The summed E-state index contributed by atoms with van der Waals surface area (Å²) in [7, 11) is -1.96. The SMILES string of the molecule is CCOC(=O)c1sc(NC(=O)c2ccc(S(=O)(=O)N(C)C3CC3)cc2)cc1C. The van der Waals surface area contributed by atoms with Gasteiger partial charge in [-0.1, -0.05) is 0 Å². The van der Waals surface area contributed by atoms with Crippen LogP contribution in [-0.2, 0) is 14.8 Å². The summed E-state index contributed by atoms with van der Waals surface area (Å²) < 4.78 is 31.4. The van der Waals surface area contributed by atoms with Gasteiger partial charge in [0.05, 0.1) is 16.5 Å². The number of carbonyl (C=O) groups excluding carboxylic acids is 2. The molecule has 150 valence electrons. The van der Waals surface area contributed by atoms with Crippen LogP contribution in [0.15, 0.2) is 35.2 Å². The van der Waals surface area contributed by atoms with Crippen molar-refractivity contribution in [2.45, 2.75) is 37.6 Å². The molecule has 1 amide bonds. The summed E-state index contributed by atoms with van der Waals surface area (Å²) in [5.41, 5.74) is 1.06. The van der Waals surface area contributed by atoms with E-state index in [-0.39, 0.29) is 23.5 Å². The van der Waals surface area contributed by atoms with Crippen molar-refractivity contribution >= 4 is 38.2 Å². The molecule has 0 aliphatic heterocycles. The first-order chi connectivity index (χ1) is 13.2. The molecule has 9 heteroatoms. The molecule has 1 N–H and O–H groups in total. The molecule has 1 aliphatic rings. The smallest absolute Gasteiger partial charge is 0.348 e. The van der Waals surface area contributed by atoms with E-state index in [9.17, 15) is 18.0 Å². The number of amides is 1. The molecule has 2 aromatic rings. The van der Waals surface area contributed by atoms with Crippen LogP contribution in [0.1, 0.15) is 45.4 Å². The number of nitrogens with zero attached hydrogens (tertiary/aromatic N) is 1. The summed E-state index contributed by atoms with van der Waals surface area (Å²) in [6, 6.07) is 7.62. The Labute approximate surface area is 168 Å². The molecule has 0 radical (unpaired) electrons. The fourth-order valence-electron chi connectivity index (χ4n) is 2.71. The molecule has 0 atom stereocenters. The molecule has 28 heavy (non-hydrogen) atoms. The van der Waals surface area contributed by atoms with E-state index in [1.54, 1.807) is 27.0 Å². The number of rotatable bonds is 7. The number of nitrogens with one attached hydrogen (secondary N) is 1. The van der Waals surface area contributed by atoms with Crippen LogP contribution >= 0.6 is 11.3 Å². The van der Waals surface area contributed by atoms with E-state index < -0.39 is 16.0 Å². The minimum atomic E-state index is -3.54. The van der Waals surface area contributed by atoms with E-state index in [4.69, 9.17) is 4.74 Å². The number of hydrogen-bond donors (Lipinski definition) is 1. The fourth-order valence-corrected chi connectivity index (χ4v) is 5.08. The maximum absolute atomic E-state index is 12.5. The molecule has 0 spiro atoms. The monoisotopic (exact) mass is 422 g/mol. The first kappa shape index (κ1) is 20.5. The Hall–Kier alpha value is -2.23. The maximum atomic E-state index is 12.5. The van der Waals surface area contributed by atoms with Crippen LogP contribution in [0.2, 0.25) is 0 Å². The summed E-state index contributed by atoms with van der Waals surface area (Å²) in [5, 5.41) is 3.26. The van der Waals surface area contributed by atoms with E-state index in [1.807, 2.05) is 0 Å². The van der Waals surface area contributed by atoms with Gasteiger partial charge in [0.2, 0.25) is 10.0 Å². The maximum Gasteiger partial charge on any atom is 0.348 e. The van der Waals surface area contributed by atoms with Crippen LogP contribution in [0.3, 0.4) is 0 Å². The molecule has 0 unspecified atom stereocenters. The van der Waals surface area contributed by atoms with Crippen molar-refractivity contribution in [1.29, 1.82) is 0 Å². The zero-order chi connectivity index (χ0) is 20.5. The highest BCUT2D eigenvalue weighted by atomic mass is 32.2. The number of esters is 1. The number of aryl methyl sites for hydroxylation is 1. The molecular weight excluding hydrogens is 400 g/mol. The number of benzene rings is 1. The van der Waals surface area contributed by atoms with Gasteiger partial charge in [0, 0.05) is 18.7 Å². The molecule has 1 heterocycles. The molecule has 1 saturated carbocycles. The highest BCUT2D eigenvalue weighted by Gasteiger charge is 2.35. The lowest BCUT2D eigenvalue weighted by atomic mass is 10.2. The van der Waals surface area contributed by atoms with Gasteiger partial charge in [0.25, 0.3) is 5.91 Å². The summed E-state index contributed by atoms with van der Waals surface area (Å²) in [4.78, 5) is 25.0. The number of carbonyl (C=O) groups is 2. The summed E-state index contributed by atoms with van der Waals surface area (Å²) in [5.74, 6) is -0.795. The lowest BCUT2D eigenvalue weighted by molar-refractivity contribution is 0.0531. The Kier molecular flexibility index (Phi) is 5.87. The highest BCUT2D eigenvalue weighted by molar-refractivity contribution is 7.89. The second-order valence-electron chi connectivity index (χ2n) is 6.57. The number of ether oxygens (including phenoxy) is 1.